The van der Waals surface area contributed by atoms with Crippen molar-refractivity contribution in [2.75, 3.05) is 29.6 Å². The molecule has 5 heterocycles. The van der Waals surface area contributed by atoms with E-state index in [1.165, 1.54) is 12.8 Å². The molecule has 0 radical (unpaired) electrons. The number of fused-ring (bicyclic) bond motifs is 2. The molecular weight excluding hydrogens is 658 g/mol. The SMILES string of the molecule is Nc1nc(NC2CC2)c2ncn(C3CO[C@@H](COC(=O)c4ccccc4)O3)c2n1.O=C(O)c1ccccc1.c1nc2nc(NC3CC3)ncc2[nH]1. The molecule has 3 fully saturated rings. The lowest BCUT2D eigenvalue weighted by Crippen LogP contribution is -2.20. The molecule has 2 aliphatic carbocycles. The maximum atomic E-state index is 12.1. The topological polar surface area (TPSA) is 230 Å². The number of ether oxygens (including phenoxy) is 3. The molecule has 2 saturated carbocycles. The van der Waals surface area contributed by atoms with Crippen molar-refractivity contribution in [3.63, 3.8) is 0 Å². The maximum absolute atomic E-state index is 12.1. The van der Waals surface area contributed by atoms with Gasteiger partial charge in [0, 0.05) is 12.1 Å². The minimum Gasteiger partial charge on any atom is -0.478 e. The molecule has 0 bridgehead atoms. The van der Waals surface area contributed by atoms with Crippen LogP contribution in [0.2, 0.25) is 0 Å². The third-order valence-electron chi connectivity index (χ3n) is 7.87. The molecule has 4 aromatic heterocycles. The lowest BCUT2D eigenvalue weighted by molar-refractivity contribution is -0.102. The fourth-order valence-electron chi connectivity index (χ4n) is 4.94. The summed E-state index contributed by atoms with van der Waals surface area (Å²) in [4.78, 5) is 50.7. The zero-order chi connectivity index (χ0) is 35.2. The van der Waals surface area contributed by atoms with E-state index < -0.39 is 24.5 Å². The number of carboxylic acid groups (broad SMARTS) is 1. The number of carbonyl (C=O) groups excluding carboxylic acids is 1. The molecule has 17 heteroatoms. The smallest absolute Gasteiger partial charge is 0.338 e. The number of carboxylic acids is 1. The Morgan fingerprint density at radius 2 is 1.63 bits per heavy atom. The molecule has 6 N–H and O–H groups in total. The van der Waals surface area contributed by atoms with Crippen LogP contribution in [0.5, 0.6) is 0 Å². The van der Waals surface area contributed by atoms with Crippen molar-refractivity contribution in [3.8, 4) is 0 Å². The Labute approximate surface area is 290 Å². The lowest BCUT2D eigenvalue weighted by atomic mass is 10.2. The summed E-state index contributed by atoms with van der Waals surface area (Å²) in [6, 6.07) is 18.1. The van der Waals surface area contributed by atoms with E-state index in [1.807, 2.05) is 6.07 Å². The number of rotatable bonds is 9. The van der Waals surface area contributed by atoms with Crippen molar-refractivity contribution >= 4 is 52.0 Å². The molecule has 0 amide bonds. The fraction of sp³-hybridized carbons (Fsp3) is 0.294. The Hall–Kier alpha value is -6.20. The Bertz CT molecular complexity index is 2100. The third-order valence-corrected chi connectivity index (χ3v) is 7.87. The molecule has 2 atom stereocenters. The van der Waals surface area contributed by atoms with Gasteiger partial charge in [-0.15, -0.1) is 0 Å². The molecule has 51 heavy (non-hydrogen) atoms. The summed E-state index contributed by atoms with van der Waals surface area (Å²) in [6.07, 6.45) is 8.54. The number of imidazole rings is 2. The molecule has 2 aromatic carbocycles. The van der Waals surface area contributed by atoms with Crippen molar-refractivity contribution in [3.05, 3.63) is 90.6 Å². The second-order valence-corrected chi connectivity index (χ2v) is 11.9. The molecule has 3 aliphatic rings. The summed E-state index contributed by atoms with van der Waals surface area (Å²) >= 11 is 0. The number of nitrogens with one attached hydrogen (secondary N) is 3. The quantitative estimate of drug-likeness (QED) is 0.135. The number of nitrogens with two attached hydrogens (primary N) is 1. The van der Waals surface area contributed by atoms with E-state index in [0.717, 1.165) is 24.0 Å². The highest BCUT2D eigenvalue weighted by atomic mass is 16.7. The second-order valence-electron chi connectivity index (χ2n) is 11.9. The van der Waals surface area contributed by atoms with Gasteiger partial charge in [-0.2, -0.15) is 15.0 Å². The van der Waals surface area contributed by atoms with E-state index in [-0.39, 0.29) is 19.2 Å². The molecule has 6 aromatic rings. The molecule has 262 valence electrons. The number of esters is 1. The van der Waals surface area contributed by atoms with E-state index in [9.17, 15) is 9.59 Å². The number of nitrogen functional groups attached to an aromatic ring is 1. The van der Waals surface area contributed by atoms with Gasteiger partial charge in [0.1, 0.15) is 12.1 Å². The number of carbonyl (C=O) groups is 2. The molecule has 17 nitrogen and oxygen atoms in total. The molecule has 0 spiro atoms. The first-order valence-corrected chi connectivity index (χ1v) is 16.4. The van der Waals surface area contributed by atoms with Gasteiger partial charge in [-0.3, -0.25) is 4.57 Å². The summed E-state index contributed by atoms with van der Waals surface area (Å²) in [5.41, 5.74) is 9.48. The van der Waals surface area contributed by atoms with Crippen LogP contribution < -0.4 is 16.4 Å². The Kier molecular flexibility index (Phi) is 9.89. The van der Waals surface area contributed by atoms with Crippen molar-refractivity contribution in [2.24, 2.45) is 0 Å². The van der Waals surface area contributed by atoms with Crippen LogP contribution in [0.4, 0.5) is 17.7 Å². The summed E-state index contributed by atoms with van der Waals surface area (Å²) in [5, 5.41) is 14.9. The molecular formula is C34H35N11O6. The Morgan fingerprint density at radius 1 is 0.922 bits per heavy atom. The van der Waals surface area contributed by atoms with Gasteiger partial charge in [0.25, 0.3) is 0 Å². The van der Waals surface area contributed by atoms with Gasteiger partial charge in [0.2, 0.25) is 11.9 Å². The minimum absolute atomic E-state index is 0.0114. The predicted molar refractivity (Wildman–Crippen MR) is 185 cm³/mol. The zero-order valence-corrected chi connectivity index (χ0v) is 27.3. The highest BCUT2D eigenvalue weighted by Crippen LogP contribution is 2.30. The second kappa shape index (κ2) is 15.1. The van der Waals surface area contributed by atoms with Gasteiger partial charge in [-0.25, -0.2) is 24.5 Å². The van der Waals surface area contributed by atoms with E-state index >= 15 is 0 Å². The Morgan fingerprint density at radius 3 is 2.31 bits per heavy atom. The maximum Gasteiger partial charge on any atom is 0.338 e. The number of anilines is 3. The molecule has 1 aliphatic heterocycles. The van der Waals surface area contributed by atoms with Gasteiger partial charge in [-0.1, -0.05) is 36.4 Å². The number of aromatic amines is 1. The first-order chi connectivity index (χ1) is 24.9. The van der Waals surface area contributed by atoms with Gasteiger partial charge in [0.05, 0.1) is 36.6 Å². The Balaban J connectivity index is 0.000000150. The highest BCUT2D eigenvalue weighted by Gasteiger charge is 2.31. The number of hydrogen-bond donors (Lipinski definition) is 5. The normalized spacial score (nSPS) is 17.9. The molecule has 1 saturated heterocycles. The van der Waals surface area contributed by atoms with Crippen LogP contribution in [-0.2, 0) is 14.2 Å². The average Bonchev–Trinajstić information content (AvgIpc) is 3.99. The van der Waals surface area contributed by atoms with Crippen molar-refractivity contribution < 1.29 is 28.9 Å². The van der Waals surface area contributed by atoms with Gasteiger partial charge in [0.15, 0.2) is 35.1 Å². The average molecular weight is 694 g/mol. The van der Waals surface area contributed by atoms with Crippen molar-refractivity contribution in [1.82, 2.24) is 39.5 Å². The minimum atomic E-state index is -0.879. The van der Waals surface area contributed by atoms with E-state index in [1.54, 1.807) is 78.0 Å². The fourth-order valence-corrected chi connectivity index (χ4v) is 4.94. The summed E-state index contributed by atoms with van der Waals surface area (Å²) in [7, 11) is 0. The first-order valence-electron chi connectivity index (χ1n) is 16.4. The van der Waals surface area contributed by atoms with E-state index in [0.29, 0.717) is 46.1 Å². The predicted octanol–water partition coefficient (Wildman–Crippen LogP) is 4.02. The number of aromatic carboxylic acids is 1. The van der Waals surface area contributed by atoms with Crippen LogP contribution in [0, 0.1) is 0 Å². The van der Waals surface area contributed by atoms with Crippen molar-refractivity contribution in [2.45, 2.75) is 50.3 Å². The highest BCUT2D eigenvalue weighted by molar-refractivity contribution is 5.89. The summed E-state index contributed by atoms with van der Waals surface area (Å²) in [6.45, 7) is 0.261. The van der Waals surface area contributed by atoms with E-state index in [2.05, 4.69) is 45.5 Å². The van der Waals surface area contributed by atoms with Crippen LogP contribution in [0.1, 0.15) is 52.6 Å². The van der Waals surface area contributed by atoms with Gasteiger partial charge < -0.3 is 40.7 Å². The van der Waals surface area contributed by atoms with Gasteiger partial charge in [-0.05, 0) is 49.9 Å². The summed E-state index contributed by atoms with van der Waals surface area (Å²) < 4.78 is 18.5. The van der Waals surface area contributed by atoms with E-state index in [4.69, 9.17) is 25.1 Å². The number of aromatic nitrogens is 8. The largest absolute Gasteiger partial charge is 0.478 e. The van der Waals surface area contributed by atoms with Crippen LogP contribution in [0.25, 0.3) is 22.3 Å². The molecule has 1 unspecified atom stereocenters. The number of hydrogen-bond acceptors (Lipinski definition) is 14. The first kappa shape index (κ1) is 33.3. The number of benzene rings is 2. The van der Waals surface area contributed by atoms with Crippen LogP contribution >= 0.6 is 0 Å². The zero-order valence-electron chi connectivity index (χ0n) is 27.3. The monoisotopic (exact) mass is 693 g/mol. The number of H-pyrrole nitrogens is 1. The van der Waals surface area contributed by atoms with Crippen LogP contribution in [0.15, 0.2) is 79.5 Å². The van der Waals surface area contributed by atoms with Crippen molar-refractivity contribution in [1.29, 1.82) is 0 Å². The van der Waals surface area contributed by atoms with Crippen LogP contribution in [-0.4, -0.2) is 88.1 Å². The van der Waals surface area contributed by atoms with Gasteiger partial charge >= 0.3 is 11.9 Å². The lowest BCUT2D eigenvalue weighted by Gasteiger charge is -2.13. The molecule has 9 rings (SSSR count). The number of nitrogens with zero attached hydrogens (tertiary/aromatic N) is 7. The summed E-state index contributed by atoms with van der Waals surface area (Å²) in [5.74, 6) is 0.166. The van der Waals surface area contributed by atoms with Crippen LogP contribution in [0.3, 0.4) is 0 Å². The third kappa shape index (κ3) is 8.70. The standard InChI is InChI=1S/C19H20N6O4.C8H9N5.C7H6O2/c20-19-23-16(22-12-6-7-12)15-17(24-19)25(10-21-15)13-8-27-14(29-13)9-28-18(26)11-4-2-1-3-5-11;1-2-5(1)12-8-9-3-6-7(13-8)11-4-10-6;8-7(9)6-4-2-1-3-5-6/h1-5,10,12-14H,6-9H2,(H3,20,22,23,24);3-5H,1-2H2,(H2,9,10,11,12,13);1-5H,(H,8,9)/t13?,14-;;/m1../s1.